The zero-order chi connectivity index (χ0) is 16.1. The van der Waals surface area contributed by atoms with Gasteiger partial charge in [-0.15, -0.1) is 0 Å². The largest absolute Gasteiger partial charge is 0.457 e. The average Bonchev–Trinajstić information content (AvgIpc) is 3.10. The minimum absolute atomic E-state index is 0.0188. The Bertz CT molecular complexity index is 705. The van der Waals surface area contributed by atoms with Crippen molar-refractivity contribution in [2.75, 3.05) is 18.1 Å². The molecule has 0 unspecified atom stereocenters. The SMILES string of the molecule is C/C=C/C(=O)c1cc(Oc2ccccc2)ccc1N1CCCN1. The van der Waals surface area contributed by atoms with E-state index in [2.05, 4.69) is 5.43 Å². The normalized spacial score (nSPS) is 14.4. The van der Waals surface area contributed by atoms with Crippen LogP contribution in [0.3, 0.4) is 0 Å². The summed E-state index contributed by atoms with van der Waals surface area (Å²) in [5, 5.41) is 2.03. The zero-order valence-corrected chi connectivity index (χ0v) is 13.2. The highest BCUT2D eigenvalue weighted by atomic mass is 16.5. The van der Waals surface area contributed by atoms with Crippen molar-refractivity contribution in [2.24, 2.45) is 0 Å². The van der Waals surface area contributed by atoms with E-state index < -0.39 is 0 Å². The quantitative estimate of drug-likeness (QED) is 0.671. The van der Waals surface area contributed by atoms with Crippen LogP contribution < -0.4 is 15.2 Å². The maximum Gasteiger partial charge on any atom is 0.187 e. The molecule has 1 fully saturated rings. The first-order chi connectivity index (χ1) is 11.3. The first-order valence-electron chi connectivity index (χ1n) is 7.83. The lowest BCUT2D eigenvalue weighted by Gasteiger charge is -2.21. The number of anilines is 1. The Kier molecular flexibility index (Phi) is 4.74. The molecule has 0 aliphatic carbocycles. The van der Waals surface area contributed by atoms with Gasteiger partial charge in [0.25, 0.3) is 0 Å². The van der Waals surface area contributed by atoms with E-state index in [0.717, 1.165) is 30.9 Å². The smallest absolute Gasteiger partial charge is 0.187 e. The molecule has 0 spiro atoms. The fourth-order valence-electron chi connectivity index (χ4n) is 2.61. The molecule has 1 aliphatic rings. The number of hydrazine groups is 1. The fourth-order valence-corrected chi connectivity index (χ4v) is 2.61. The Balaban J connectivity index is 1.93. The van der Waals surface area contributed by atoms with E-state index in [0.29, 0.717) is 11.3 Å². The second kappa shape index (κ2) is 7.11. The van der Waals surface area contributed by atoms with Gasteiger partial charge in [0.1, 0.15) is 11.5 Å². The molecule has 23 heavy (non-hydrogen) atoms. The number of carbonyl (C=O) groups excluding carboxylic acids is 1. The molecule has 3 rings (SSSR count). The van der Waals surface area contributed by atoms with Gasteiger partial charge in [-0.05, 0) is 49.8 Å². The highest BCUT2D eigenvalue weighted by Crippen LogP contribution is 2.29. The van der Waals surface area contributed by atoms with Gasteiger partial charge in [0.2, 0.25) is 0 Å². The zero-order valence-electron chi connectivity index (χ0n) is 13.2. The van der Waals surface area contributed by atoms with Crippen LogP contribution in [-0.4, -0.2) is 18.9 Å². The molecule has 2 aromatic carbocycles. The van der Waals surface area contributed by atoms with E-state index in [1.807, 2.05) is 60.5 Å². The summed E-state index contributed by atoms with van der Waals surface area (Å²) in [6.45, 7) is 3.67. The number of nitrogens with zero attached hydrogens (tertiary/aromatic N) is 1. The highest BCUT2D eigenvalue weighted by Gasteiger charge is 2.19. The molecule has 1 heterocycles. The van der Waals surface area contributed by atoms with Gasteiger partial charge in [0, 0.05) is 13.1 Å². The van der Waals surface area contributed by atoms with Crippen LogP contribution in [-0.2, 0) is 0 Å². The summed E-state index contributed by atoms with van der Waals surface area (Å²) in [5.41, 5.74) is 4.83. The van der Waals surface area contributed by atoms with Crippen molar-refractivity contribution in [1.29, 1.82) is 0 Å². The van der Waals surface area contributed by atoms with Crippen molar-refractivity contribution in [2.45, 2.75) is 13.3 Å². The predicted molar refractivity (Wildman–Crippen MR) is 92.1 cm³/mol. The number of allylic oxidation sites excluding steroid dienone is 2. The molecule has 0 radical (unpaired) electrons. The van der Waals surface area contributed by atoms with Gasteiger partial charge >= 0.3 is 0 Å². The number of nitrogens with one attached hydrogen (secondary N) is 1. The van der Waals surface area contributed by atoms with Gasteiger partial charge in [-0.2, -0.15) is 0 Å². The second-order valence-electron chi connectivity index (χ2n) is 5.37. The first-order valence-corrected chi connectivity index (χ1v) is 7.83. The number of ether oxygens (including phenoxy) is 1. The lowest BCUT2D eigenvalue weighted by molar-refractivity contribution is 0.104. The van der Waals surface area contributed by atoms with E-state index in [4.69, 9.17) is 4.74 Å². The molecule has 0 bridgehead atoms. The first kappa shape index (κ1) is 15.3. The van der Waals surface area contributed by atoms with Gasteiger partial charge in [-0.1, -0.05) is 24.3 Å². The van der Waals surface area contributed by atoms with Crippen LogP contribution >= 0.6 is 0 Å². The number of hydrogen-bond acceptors (Lipinski definition) is 4. The number of ketones is 1. The molecular weight excluding hydrogens is 288 g/mol. The van der Waals surface area contributed by atoms with E-state index in [1.54, 1.807) is 12.2 Å². The van der Waals surface area contributed by atoms with E-state index in [9.17, 15) is 4.79 Å². The molecule has 0 aromatic heterocycles. The monoisotopic (exact) mass is 308 g/mol. The van der Waals surface area contributed by atoms with Crippen LogP contribution in [0, 0.1) is 0 Å². The summed E-state index contributed by atoms with van der Waals surface area (Å²) < 4.78 is 5.85. The van der Waals surface area contributed by atoms with Crippen molar-refractivity contribution in [1.82, 2.24) is 5.43 Å². The van der Waals surface area contributed by atoms with E-state index in [1.165, 1.54) is 0 Å². The molecule has 0 atom stereocenters. The minimum Gasteiger partial charge on any atom is -0.457 e. The lowest BCUT2D eigenvalue weighted by atomic mass is 10.1. The van der Waals surface area contributed by atoms with E-state index >= 15 is 0 Å². The van der Waals surface area contributed by atoms with Gasteiger partial charge in [0.05, 0.1) is 11.3 Å². The third-order valence-corrected chi connectivity index (χ3v) is 3.68. The Morgan fingerprint density at radius 2 is 2.00 bits per heavy atom. The van der Waals surface area contributed by atoms with Crippen LogP contribution in [0.15, 0.2) is 60.7 Å². The third kappa shape index (κ3) is 3.60. The maximum absolute atomic E-state index is 12.4. The molecule has 4 nitrogen and oxygen atoms in total. The van der Waals surface area contributed by atoms with Crippen LogP contribution in [0.4, 0.5) is 5.69 Å². The third-order valence-electron chi connectivity index (χ3n) is 3.68. The number of para-hydroxylation sites is 1. The summed E-state index contributed by atoms with van der Waals surface area (Å²) in [4.78, 5) is 12.4. The van der Waals surface area contributed by atoms with Crippen LogP contribution in [0.2, 0.25) is 0 Å². The summed E-state index contributed by atoms with van der Waals surface area (Å²) in [6, 6.07) is 15.2. The molecule has 1 aliphatic heterocycles. The van der Waals surface area contributed by atoms with Crippen molar-refractivity contribution >= 4 is 11.5 Å². The number of benzene rings is 2. The molecule has 0 amide bonds. The standard InChI is InChI=1S/C19H20N2O2/c1-2-7-19(22)17-14-16(23-15-8-4-3-5-9-15)10-11-18(17)21-13-6-12-20-21/h2-5,7-11,14,20H,6,12-13H2,1H3/b7-2+. The summed E-state index contributed by atoms with van der Waals surface area (Å²) in [5.74, 6) is 1.39. The van der Waals surface area contributed by atoms with Crippen molar-refractivity contribution < 1.29 is 9.53 Å². The maximum atomic E-state index is 12.4. The molecular formula is C19H20N2O2. The van der Waals surface area contributed by atoms with Crippen LogP contribution in [0.5, 0.6) is 11.5 Å². The topological polar surface area (TPSA) is 41.6 Å². The molecule has 118 valence electrons. The van der Waals surface area contributed by atoms with Gasteiger partial charge in [0.15, 0.2) is 5.78 Å². The number of carbonyl (C=O) groups is 1. The van der Waals surface area contributed by atoms with Crippen LogP contribution in [0.25, 0.3) is 0 Å². The lowest BCUT2D eigenvalue weighted by Crippen LogP contribution is -2.31. The molecule has 0 saturated carbocycles. The Morgan fingerprint density at radius 3 is 2.70 bits per heavy atom. The predicted octanol–water partition coefficient (Wildman–Crippen LogP) is 3.95. The van der Waals surface area contributed by atoms with Gasteiger partial charge in [-0.25, -0.2) is 5.43 Å². The van der Waals surface area contributed by atoms with Crippen molar-refractivity contribution in [3.05, 3.63) is 66.2 Å². The molecule has 2 aromatic rings. The molecule has 4 heteroatoms. The molecule has 1 saturated heterocycles. The van der Waals surface area contributed by atoms with E-state index in [-0.39, 0.29) is 5.78 Å². The average molecular weight is 308 g/mol. The fraction of sp³-hybridized carbons (Fsp3) is 0.211. The van der Waals surface area contributed by atoms with Gasteiger partial charge < -0.3 is 9.75 Å². The number of hydrogen-bond donors (Lipinski definition) is 1. The second-order valence-corrected chi connectivity index (χ2v) is 5.37. The Labute approximate surface area is 136 Å². The molecule has 1 N–H and O–H groups in total. The van der Waals surface area contributed by atoms with Crippen molar-refractivity contribution in [3.8, 4) is 11.5 Å². The minimum atomic E-state index is -0.0188. The van der Waals surface area contributed by atoms with Crippen molar-refractivity contribution in [3.63, 3.8) is 0 Å². The highest BCUT2D eigenvalue weighted by molar-refractivity contribution is 6.08. The Morgan fingerprint density at radius 1 is 1.17 bits per heavy atom. The number of rotatable bonds is 5. The van der Waals surface area contributed by atoms with Crippen LogP contribution in [0.1, 0.15) is 23.7 Å². The summed E-state index contributed by atoms with van der Waals surface area (Å²) in [7, 11) is 0. The van der Waals surface area contributed by atoms with Gasteiger partial charge in [-0.3, -0.25) is 4.79 Å². The summed E-state index contributed by atoms with van der Waals surface area (Å²) in [6.07, 6.45) is 4.41. The summed E-state index contributed by atoms with van der Waals surface area (Å²) >= 11 is 0. The Hall–Kier alpha value is -2.59.